The van der Waals surface area contributed by atoms with E-state index in [1.807, 2.05) is 12.1 Å². The lowest BCUT2D eigenvalue weighted by Gasteiger charge is -2.21. The van der Waals surface area contributed by atoms with E-state index in [1.165, 1.54) is 6.26 Å². The van der Waals surface area contributed by atoms with Crippen LogP contribution in [0.1, 0.15) is 10.6 Å². The summed E-state index contributed by atoms with van der Waals surface area (Å²) in [6.07, 6.45) is 1.47. The van der Waals surface area contributed by atoms with Crippen LogP contribution in [0.25, 0.3) is 0 Å². The second-order valence-corrected chi connectivity index (χ2v) is 3.92. The molecule has 0 aliphatic carbocycles. The molecule has 2 N–H and O–H groups in total. The third kappa shape index (κ3) is 2.95. The summed E-state index contributed by atoms with van der Waals surface area (Å²) in [7, 11) is 1.60. The van der Waals surface area contributed by atoms with Gasteiger partial charge < -0.3 is 19.8 Å². The van der Waals surface area contributed by atoms with E-state index in [1.54, 1.807) is 36.3 Å². The molecule has 2 rings (SSSR count). The molecule has 0 spiro atoms. The molecule has 1 aromatic heterocycles. The maximum Gasteiger partial charge on any atom is 0.293 e. The van der Waals surface area contributed by atoms with Crippen molar-refractivity contribution in [2.24, 2.45) is 5.73 Å². The molecule has 0 radical (unpaired) electrons. The summed E-state index contributed by atoms with van der Waals surface area (Å²) in [5.74, 6) is 0.826. The molecule has 0 fully saturated rings. The number of hydrogen-bond acceptors (Lipinski definition) is 4. The Labute approximate surface area is 111 Å². The Balaban J connectivity index is 2.26. The van der Waals surface area contributed by atoms with Crippen molar-refractivity contribution < 1.29 is 13.9 Å². The number of amides is 1. The quantitative estimate of drug-likeness (QED) is 0.891. The fraction of sp³-hybridized carbons (Fsp3) is 0.214. The molecule has 100 valence electrons. The Hall–Kier alpha value is -2.27. The summed E-state index contributed by atoms with van der Waals surface area (Å²) in [6.45, 7) is 0.796. The van der Waals surface area contributed by atoms with Gasteiger partial charge in [-0.15, -0.1) is 0 Å². The van der Waals surface area contributed by atoms with Gasteiger partial charge in [-0.25, -0.2) is 0 Å². The van der Waals surface area contributed by atoms with Crippen molar-refractivity contribution in [3.05, 3.63) is 48.4 Å². The maximum atomic E-state index is 12.3. The van der Waals surface area contributed by atoms with Crippen molar-refractivity contribution in [3.63, 3.8) is 0 Å². The highest BCUT2D eigenvalue weighted by Gasteiger charge is 2.19. The summed E-state index contributed by atoms with van der Waals surface area (Å²) < 4.78 is 10.2. The van der Waals surface area contributed by atoms with Crippen LogP contribution < -0.4 is 15.4 Å². The van der Waals surface area contributed by atoms with Crippen LogP contribution >= 0.6 is 0 Å². The zero-order valence-electron chi connectivity index (χ0n) is 10.7. The average Bonchev–Trinajstić information content (AvgIpc) is 2.98. The molecular formula is C14H16N2O3. The van der Waals surface area contributed by atoms with E-state index in [-0.39, 0.29) is 5.91 Å². The van der Waals surface area contributed by atoms with Gasteiger partial charge in [0, 0.05) is 18.8 Å². The molecule has 5 heteroatoms. The van der Waals surface area contributed by atoms with Crippen molar-refractivity contribution in [1.29, 1.82) is 0 Å². The largest absolute Gasteiger partial charge is 0.497 e. The molecule has 0 aliphatic rings. The molecule has 0 bridgehead atoms. The summed E-state index contributed by atoms with van der Waals surface area (Å²) >= 11 is 0. The number of carbonyl (C=O) groups excluding carboxylic acids is 1. The lowest BCUT2D eigenvalue weighted by atomic mass is 10.2. The standard InChI is InChI=1S/C14H16N2O3/c1-18-12-6-4-11(5-7-12)16(9-8-15)14(17)13-3-2-10-19-13/h2-7,10H,8-9,15H2,1H3. The van der Waals surface area contributed by atoms with Crippen LogP contribution in [-0.2, 0) is 0 Å². The minimum atomic E-state index is -0.208. The number of methoxy groups -OCH3 is 1. The topological polar surface area (TPSA) is 68.7 Å². The lowest BCUT2D eigenvalue weighted by Crippen LogP contribution is -2.35. The average molecular weight is 260 g/mol. The van der Waals surface area contributed by atoms with Gasteiger partial charge in [-0.2, -0.15) is 0 Å². The van der Waals surface area contributed by atoms with Crippen LogP contribution in [0.5, 0.6) is 5.75 Å². The van der Waals surface area contributed by atoms with Crippen molar-refractivity contribution in [3.8, 4) is 5.75 Å². The van der Waals surface area contributed by atoms with E-state index in [9.17, 15) is 4.79 Å². The normalized spacial score (nSPS) is 10.2. The SMILES string of the molecule is COc1ccc(N(CCN)C(=O)c2ccco2)cc1. The first-order valence-corrected chi connectivity index (χ1v) is 5.95. The highest BCUT2D eigenvalue weighted by molar-refractivity contribution is 6.04. The maximum absolute atomic E-state index is 12.3. The summed E-state index contributed by atoms with van der Waals surface area (Å²) in [5.41, 5.74) is 6.32. The van der Waals surface area contributed by atoms with E-state index in [4.69, 9.17) is 14.9 Å². The first-order chi connectivity index (χ1) is 9.26. The molecule has 5 nitrogen and oxygen atoms in total. The molecule has 1 aromatic carbocycles. The first-order valence-electron chi connectivity index (χ1n) is 5.95. The van der Waals surface area contributed by atoms with Crippen molar-refractivity contribution in [2.75, 3.05) is 25.1 Å². The Kier molecular flexibility index (Phi) is 4.20. The number of anilines is 1. The van der Waals surface area contributed by atoms with Gasteiger partial charge >= 0.3 is 0 Å². The van der Waals surface area contributed by atoms with Crippen LogP contribution in [0.3, 0.4) is 0 Å². The Bertz CT molecular complexity index is 520. The Morgan fingerprint density at radius 1 is 1.32 bits per heavy atom. The third-order valence-corrected chi connectivity index (χ3v) is 2.71. The van der Waals surface area contributed by atoms with Crippen LogP contribution in [-0.4, -0.2) is 26.1 Å². The third-order valence-electron chi connectivity index (χ3n) is 2.71. The van der Waals surface area contributed by atoms with E-state index in [0.717, 1.165) is 11.4 Å². The van der Waals surface area contributed by atoms with E-state index < -0.39 is 0 Å². The minimum Gasteiger partial charge on any atom is -0.497 e. The summed E-state index contributed by atoms with van der Waals surface area (Å²) in [6, 6.07) is 10.5. The summed E-state index contributed by atoms with van der Waals surface area (Å²) in [4.78, 5) is 13.9. The van der Waals surface area contributed by atoms with Gasteiger partial charge in [0.05, 0.1) is 13.4 Å². The number of nitrogens with zero attached hydrogens (tertiary/aromatic N) is 1. The van der Waals surface area contributed by atoms with Gasteiger partial charge in [0.15, 0.2) is 5.76 Å². The van der Waals surface area contributed by atoms with Gasteiger partial charge in [0.2, 0.25) is 0 Å². The van der Waals surface area contributed by atoms with Gasteiger partial charge in [0.1, 0.15) is 5.75 Å². The zero-order chi connectivity index (χ0) is 13.7. The van der Waals surface area contributed by atoms with Gasteiger partial charge in [-0.1, -0.05) is 0 Å². The molecule has 0 atom stereocenters. The number of rotatable bonds is 5. The number of ether oxygens (including phenoxy) is 1. The molecule has 0 unspecified atom stereocenters. The van der Waals surface area contributed by atoms with Crippen molar-refractivity contribution in [1.82, 2.24) is 0 Å². The fourth-order valence-electron chi connectivity index (χ4n) is 1.77. The number of benzene rings is 1. The number of furan rings is 1. The van der Waals surface area contributed by atoms with Crippen LogP contribution in [0.2, 0.25) is 0 Å². The monoisotopic (exact) mass is 260 g/mol. The minimum absolute atomic E-state index is 0.208. The number of hydrogen-bond donors (Lipinski definition) is 1. The van der Waals surface area contributed by atoms with E-state index >= 15 is 0 Å². The zero-order valence-corrected chi connectivity index (χ0v) is 10.7. The predicted octanol–water partition coefficient (Wildman–Crippen LogP) is 1.89. The number of nitrogens with two attached hydrogens (primary N) is 1. The van der Waals surface area contributed by atoms with E-state index in [0.29, 0.717) is 18.8 Å². The Morgan fingerprint density at radius 2 is 2.05 bits per heavy atom. The molecule has 2 aromatic rings. The lowest BCUT2D eigenvalue weighted by molar-refractivity contribution is 0.0961. The van der Waals surface area contributed by atoms with Gasteiger partial charge in [0.25, 0.3) is 5.91 Å². The molecule has 0 saturated heterocycles. The second-order valence-electron chi connectivity index (χ2n) is 3.92. The van der Waals surface area contributed by atoms with E-state index in [2.05, 4.69) is 0 Å². The van der Waals surface area contributed by atoms with Crippen LogP contribution in [0.4, 0.5) is 5.69 Å². The van der Waals surface area contributed by atoms with Crippen LogP contribution in [0, 0.1) is 0 Å². The smallest absolute Gasteiger partial charge is 0.293 e. The highest BCUT2D eigenvalue weighted by atomic mass is 16.5. The highest BCUT2D eigenvalue weighted by Crippen LogP contribution is 2.21. The van der Waals surface area contributed by atoms with Crippen molar-refractivity contribution >= 4 is 11.6 Å². The summed E-state index contributed by atoms with van der Waals surface area (Å²) in [5, 5.41) is 0. The molecule has 0 aliphatic heterocycles. The predicted molar refractivity (Wildman–Crippen MR) is 72.4 cm³/mol. The number of carbonyl (C=O) groups is 1. The van der Waals surface area contributed by atoms with Crippen molar-refractivity contribution in [2.45, 2.75) is 0 Å². The van der Waals surface area contributed by atoms with Crippen LogP contribution in [0.15, 0.2) is 47.1 Å². The van der Waals surface area contributed by atoms with Gasteiger partial charge in [-0.05, 0) is 36.4 Å². The Morgan fingerprint density at radius 3 is 2.58 bits per heavy atom. The van der Waals surface area contributed by atoms with Gasteiger partial charge in [-0.3, -0.25) is 4.79 Å². The molecular weight excluding hydrogens is 244 g/mol. The molecule has 19 heavy (non-hydrogen) atoms. The fourth-order valence-corrected chi connectivity index (χ4v) is 1.77. The second kappa shape index (κ2) is 6.06. The first kappa shape index (κ1) is 13.2. The molecule has 1 heterocycles. The molecule has 1 amide bonds. The molecule has 0 saturated carbocycles.